The lowest BCUT2D eigenvalue weighted by atomic mass is 10.0. The van der Waals surface area contributed by atoms with Gasteiger partial charge in [-0.15, -0.1) is 0 Å². The molecule has 0 aliphatic carbocycles. The number of phenols is 1. The number of para-hydroxylation sites is 1. The van der Waals surface area contributed by atoms with E-state index in [2.05, 4.69) is 15.8 Å². The van der Waals surface area contributed by atoms with Gasteiger partial charge in [-0.3, -0.25) is 9.59 Å². The van der Waals surface area contributed by atoms with E-state index in [1.165, 1.54) is 30.5 Å². The zero-order chi connectivity index (χ0) is 19.2. The zero-order valence-corrected chi connectivity index (χ0v) is 14.1. The summed E-state index contributed by atoms with van der Waals surface area (Å²) in [5.41, 5.74) is 2.67. The number of hydrazone groups is 1. The number of amides is 2. The van der Waals surface area contributed by atoms with Crippen LogP contribution in [-0.4, -0.2) is 23.1 Å². The molecule has 0 heterocycles. The Morgan fingerprint density at radius 1 is 1.00 bits per heavy atom. The number of carbonyl (C=O) groups excluding carboxylic acids is 2. The van der Waals surface area contributed by atoms with E-state index >= 15 is 0 Å². The predicted molar refractivity (Wildman–Crippen MR) is 101 cm³/mol. The Bertz CT molecular complexity index is 1030. The van der Waals surface area contributed by atoms with Crippen molar-refractivity contribution < 1.29 is 19.1 Å². The summed E-state index contributed by atoms with van der Waals surface area (Å²) < 4.78 is 13.5. The van der Waals surface area contributed by atoms with Crippen LogP contribution < -0.4 is 10.7 Å². The van der Waals surface area contributed by atoms with Crippen LogP contribution in [-0.2, 0) is 9.59 Å². The minimum absolute atomic E-state index is 0.000482. The summed E-state index contributed by atoms with van der Waals surface area (Å²) in [5.74, 6) is -1.90. The van der Waals surface area contributed by atoms with E-state index < -0.39 is 24.1 Å². The fourth-order valence-corrected chi connectivity index (χ4v) is 2.53. The maximum atomic E-state index is 13.5. The monoisotopic (exact) mass is 365 g/mol. The molecule has 0 fully saturated rings. The minimum Gasteiger partial charge on any atom is -0.507 e. The first-order valence-electron chi connectivity index (χ1n) is 8.11. The molecule has 0 aliphatic rings. The van der Waals surface area contributed by atoms with Gasteiger partial charge in [-0.2, -0.15) is 5.10 Å². The largest absolute Gasteiger partial charge is 0.507 e. The standard InChI is InChI=1S/C20H16FN3O3/c21-16-7-3-4-8-17(16)23-19(26)11-20(27)24-22-12-15-14-6-2-1-5-13(14)9-10-18(15)25/h1-10,12,25H,11H2,(H,23,26)(H,24,27)/b22-12+. The van der Waals surface area contributed by atoms with Crippen molar-refractivity contribution in [1.82, 2.24) is 5.43 Å². The third-order valence-corrected chi connectivity index (χ3v) is 3.80. The number of nitrogens with one attached hydrogen (secondary N) is 2. The number of halogens is 1. The molecule has 6 nitrogen and oxygen atoms in total. The number of carbonyl (C=O) groups is 2. The fraction of sp³-hybridized carbons (Fsp3) is 0.0500. The summed E-state index contributed by atoms with van der Waals surface area (Å²) in [4.78, 5) is 23.6. The van der Waals surface area contributed by atoms with Crippen LogP contribution in [0.4, 0.5) is 10.1 Å². The van der Waals surface area contributed by atoms with E-state index in [-0.39, 0.29) is 11.4 Å². The lowest BCUT2D eigenvalue weighted by Crippen LogP contribution is -2.25. The smallest absolute Gasteiger partial charge is 0.249 e. The van der Waals surface area contributed by atoms with Crippen LogP contribution >= 0.6 is 0 Å². The van der Waals surface area contributed by atoms with Crippen molar-refractivity contribution in [3.63, 3.8) is 0 Å². The van der Waals surface area contributed by atoms with Gasteiger partial charge in [0.1, 0.15) is 18.0 Å². The van der Waals surface area contributed by atoms with Gasteiger partial charge in [0, 0.05) is 5.56 Å². The molecule has 0 unspecified atom stereocenters. The van der Waals surface area contributed by atoms with Crippen molar-refractivity contribution in [3.8, 4) is 5.75 Å². The molecule has 0 saturated heterocycles. The molecule has 2 amide bonds. The van der Waals surface area contributed by atoms with Crippen molar-refractivity contribution in [2.24, 2.45) is 5.10 Å². The number of fused-ring (bicyclic) bond motifs is 1. The second kappa shape index (κ2) is 8.09. The van der Waals surface area contributed by atoms with E-state index in [0.29, 0.717) is 5.56 Å². The van der Waals surface area contributed by atoms with E-state index in [0.717, 1.165) is 10.8 Å². The molecule has 3 aromatic rings. The van der Waals surface area contributed by atoms with Crippen LogP contribution in [0.5, 0.6) is 5.75 Å². The SMILES string of the molecule is O=C(CC(=O)Nc1ccccc1F)N/N=C/c1c(O)ccc2ccccc12. The first-order valence-corrected chi connectivity index (χ1v) is 8.11. The minimum atomic E-state index is -0.667. The lowest BCUT2D eigenvalue weighted by Gasteiger charge is -2.06. The highest BCUT2D eigenvalue weighted by molar-refractivity contribution is 6.05. The number of phenolic OH excluding ortho intramolecular Hbond substituents is 1. The molecule has 3 N–H and O–H groups in total. The van der Waals surface area contributed by atoms with Gasteiger partial charge in [0.25, 0.3) is 0 Å². The average molecular weight is 365 g/mol. The van der Waals surface area contributed by atoms with E-state index in [1.807, 2.05) is 24.3 Å². The maximum absolute atomic E-state index is 13.5. The van der Waals surface area contributed by atoms with Crippen LogP contribution in [0, 0.1) is 5.82 Å². The molecule has 3 aromatic carbocycles. The summed E-state index contributed by atoms with van der Waals surface area (Å²) in [5, 5.41) is 17.8. The molecule has 0 aromatic heterocycles. The van der Waals surface area contributed by atoms with E-state index in [1.54, 1.807) is 12.1 Å². The van der Waals surface area contributed by atoms with Gasteiger partial charge in [-0.05, 0) is 29.0 Å². The Labute approximate surface area is 154 Å². The summed E-state index contributed by atoms with van der Waals surface area (Å²) in [6.07, 6.45) is 0.789. The Morgan fingerprint density at radius 2 is 1.74 bits per heavy atom. The van der Waals surface area contributed by atoms with Gasteiger partial charge >= 0.3 is 0 Å². The number of rotatable bonds is 5. The van der Waals surface area contributed by atoms with Gasteiger partial charge in [-0.25, -0.2) is 9.82 Å². The second-order valence-corrected chi connectivity index (χ2v) is 5.72. The second-order valence-electron chi connectivity index (χ2n) is 5.72. The van der Waals surface area contributed by atoms with Crippen LogP contribution in [0.3, 0.4) is 0 Å². The first-order chi connectivity index (χ1) is 13.0. The topological polar surface area (TPSA) is 90.8 Å². The van der Waals surface area contributed by atoms with Crippen molar-refractivity contribution >= 4 is 34.5 Å². The van der Waals surface area contributed by atoms with Gasteiger partial charge in [0.2, 0.25) is 11.8 Å². The number of nitrogens with zero attached hydrogens (tertiary/aromatic N) is 1. The molecule has 0 saturated carbocycles. The van der Waals surface area contributed by atoms with Gasteiger partial charge < -0.3 is 10.4 Å². The van der Waals surface area contributed by atoms with Gasteiger partial charge in [0.15, 0.2) is 0 Å². The molecule has 0 bridgehead atoms. The van der Waals surface area contributed by atoms with Crippen LogP contribution in [0.25, 0.3) is 10.8 Å². The van der Waals surface area contributed by atoms with Crippen molar-refractivity contribution in [3.05, 3.63) is 72.0 Å². The number of aromatic hydroxyl groups is 1. The third-order valence-electron chi connectivity index (χ3n) is 3.80. The fourth-order valence-electron chi connectivity index (χ4n) is 2.53. The highest BCUT2D eigenvalue weighted by atomic mass is 19.1. The molecular weight excluding hydrogens is 349 g/mol. The molecule has 0 aliphatic heterocycles. The maximum Gasteiger partial charge on any atom is 0.249 e. The molecule has 27 heavy (non-hydrogen) atoms. The van der Waals surface area contributed by atoms with Crippen LogP contribution in [0.2, 0.25) is 0 Å². The molecule has 136 valence electrons. The van der Waals surface area contributed by atoms with Crippen LogP contribution in [0.1, 0.15) is 12.0 Å². The highest BCUT2D eigenvalue weighted by Gasteiger charge is 2.11. The number of anilines is 1. The predicted octanol–water partition coefficient (Wildman–Crippen LogP) is 3.16. The molecule has 0 spiro atoms. The summed E-state index contributed by atoms with van der Waals surface area (Å²) >= 11 is 0. The Hall–Kier alpha value is -3.74. The van der Waals surface area contributed by atoms with Crippen molar-refractivity contribution in [2.75, 3.05) is 5.32 Å². The molecule has 0 radical (unpaired) electrons. The lowest BCUT2D eigenvalue weighted by molar-refractivity contribution is -0.126. The Balaban J connectivity index is 1.62. The molecule has 7 heteroatoms. The van der Waals surface area contributed by atoms with E-state index in [4.69, 9.17) is 0 Å². The van der Waals surface area contributed by atoms with Gasteiger partial charge in [-0.1, -0.05) is 42.5 Å². The Kier molecular flexibility index (Phi) is 5.41. The first kappa shape index (κ1) is 18.1. The van der Waals surface area contributed by atoms with Crippen molar-refractivity contribution in [1.29, 1.82) is 0 Å². The number of hydrogen-bond acceptors (Lipinski definition) is 4. The van der Waals surface area contributed by atoms with Crippen molar-refractivity contribution in [2.45, 2.75) is 6.42 Å². The molecule has 3 rings (SSSR count). The summed E-state index contributed by atoms with van der Waals surface area (Å²) in [6, 6.07) is 16.4. The van der Waals surface area contributed by atoms with E-state index in [9.17, 15) is 19.1 Å². The molecular formula is C20H16FN3O3. The normalized spacial score (nSPS) is 10.9. The van der Waals surface area contributed by atoms with Gasteiger partial charge in [0.05, 0.1) is 11.9 Å². The number of hydrogen-bond donors (Lipinski definition) is 3. The quantitative estimate of drug-likeness (QED) is 0.368. The highest BCUT2D eigenvalue weighted by Crippen LogP contribution is 2.25. The summed E-state index contributed by atoms with van der Waals surface area (Å²) in [6.45, 7) is 0. The third kappa shape index (κ3) is 4.46. The van der Waals surface area contributed by atoms with Crippen LogP contribution in [0.15, 0.2) is 65.8 Å². The summed E-state index contributed by atoms with van der Waals surface area (Å²) in [7, 11) is 0. The average Bonchev–Trinajstić information content (AvgIpc) is 2.65. The zero-order valence-electron chi connectivity index (χ0n) is 14.1. The Morgan fingerprint density at radius 3 is 2.56 bits per heavy atom. The molecule has 0 atom stereocenters. The number of benzene rings is 3.